The molecule has 5 nitrogen and oxygen atoms in total. The summed E-state index contributed by atoms with van der Waals surface area (Å²) in [6.07, 6.45) is 0. The Morgan fingerprint density at radius 3 is 2.50 bits per heavy atom. The summed E-state index contributed by atoms with van der Waals surface area (Å²) < 4.78 is 4.82. The lowest BCUT2D eigenvalue weighted by Crippen LogP contribution is -2.43. The minimum Gasteiger partial charge on any atom is -0.394 e. The molecule has 0 amide bonds. The van der Waals surface area contributed by atoms with Gasteiger partial charge >= 0.3 is 0 Å². The molecule has 0 aliphatic heterocycles. The summed E-state index contributed by atoms with van der Waals surface area (Å²) in [5, 5.41) is 21.4. The summed E-state index contributed by atoms with van der Waals surface area (Å²) >= 11 is 0. The SMILES string of the molecule is Cc1cc(C(N)(CO)CO)on1. The number of nitrogens with two attached hydrogens (primary N) is 1. The second-order valence-corrected chi connectivity index (χ2v) is 2.80. The molecule has 5 heteroatoms. The Balaban J connectivity index is 2.94. The molecule has 0 aliphatic rings. The maximum atomic E-state index is 8.88. The van der Waals surface area contributed by atoms with Gasteiger partial charge in [0.25, 0.3) is 0 Å². The smallest absolute Gasteiger partial charge is 0.161 e. The van der Waals surface area contributed by atoms with Crippen molar-refractivity contribution in [2.75, 3.05) is 13.2 Å². The van der Waals surface area contributed by atoms with Crippen LogP contribution < -0.4 is 5.73 Å². The Labute approximate surface area is 69.8 Å². The lowest BCUT2D eigenvalue weighted by Gasteiger charge is -2.20. The lowest BCUT2D eigenvalue weighted by molar-refractivity contribution is 0.0977. The minimum absolute atomic E-state index is 0.296. The van der Waals surface area contributed by atoms with E-state index in [1.165, 1.54) is 0 Å². The van der Waals surface area contributed by atoms with E-state index in [-0.39, 0.29) is 13.2 Å². The Bertz CT molecular complexity index is 255. The highest BCUT2D eigenvalue weighted by Crippen LogP contribution is 2.17. The van der Waals surface area contributed by atoms with E-state index in [1.807, 2.05) is 0 Å². The highest BCUT2D eigenvalue weighted by Gasteiger charge is 2.30. The van der Waals surface area contributed by atoms with Gasteiger partial charge in [-0.25, -0.2) is 0 Å². The summed E-state index contributed by atoms with van der Waals surface area (Å²) in [7, 11) is 0. The van der Waals surface area contributed by atoms with Gasteiger partial charge in [-0.1, -0.05) is 5.16 Å². The maximum Gasteiger partial charge on any atom is 0.161 e. The van der Waals surface area contributed by atoms with Gasteiger partial charge in [-0.2, -0.15) is 0 Å². The van der Waals surface area contributed by atoms with Crippen molar-refractivity contribution >= 4 is 0 Å². The molecule has 1 aromatic heterocycles. The van der Waals surface area contributed by atoms with E-state index >= 15 is 0 Å². The summed E-state index contributed by atoms with van der Waals surface area (Å²) in [4.78, 5) is 0. The molecule has 1 rings (SSSR count). The Morgan fingerprint density at radius 2 is 2.17 bits per heavy atom. The Morgan fingerprint density at radius 1 is 1.58 bits per heavy atom. The van der Waals surface area contributed by atoms with Crippen LogP contribution in [0.25, 0.3) is 0 Å². The van der Waals surface area contributed by atoms with Gasteiger partial charge in [-0.15, -0.1) is 0 Å². The number of aliphatic hydroxyl groups excluding tert-OH is 2. The molecule has 12 heavy (non-hydrogen) atoms. The molecule has 0 aliphatic carbocycles. The van der Waals surface area contributed by atoms with Crippen molar-refractivity contribution < 1.29 is 14.7 Å². The van der Waals surface area contributed by atoms with Crippen LogP contribution >= 0.6 is 0 Å². The van der Waals surface area contributed by atoms with Crippen LogP contribution in [0.1, 0.15) is 11.5 Å². The standard InChI is InChI=1S/C7H12N2O3/c1-5-2-6(12-9-5)7(8,3-10)4-11/h2,10-11H,3-4,8H2,1H3. The number of rotatable bonds is 3. The van der Waals surface area contributed by atoms with Gasteiger partial charge in [0.1, 0.15) is 5.54 Å². The number of hydrogen-bond donors (Lipinski definition) is 3. The van der Waals surface area contributed by atoms with Crippen molar-refractivity contribution in [1.29, 1.82) is 0 Å². The average molecular weight is 172 g/mol. The molecular weight excluding hydrogens is 160 g/mol. The number of aromatic nitrogens is 1. The largest absolute Gasteiger partial charge is 0.394 e. The average Bonchev–Trinajstić information content (AvgIpc) is 2.51. The highest BCUT2D eigenvalue weighted by atomic mass is 16.5. The quantitative estimate of drug-likeness (QED) is 0.550. The van der Waals surface area contributed by atoms with Gasteiger partial charge in [-0.3, -0.25) is 0 Å². The Hall–Kier alpha value is -0.910. The van der Waals surface area contributed by atoms with Crippen LogP contribution in [0.2, 0.25) is 0 Å². The van der Waals surface area contributed by atoms with E-state index in [0.29, 0.717) is 11.5 Å². The van der Waals surface area contributed by atoms with Crippen LogP contribution in [0.3, 0.4) is 0 Å². The molecule has 0 spiro atoms. The first kappa shape index (κ1) is 9.18. The zero-order chi connectivity index (χ0) is 9.19. The molecule has 0 aromatic carbocycles. The molecule has 0 fully saturated rings. The summed E-state index contributed by atoms with van der Waals surface area (Å²) in [5.74, 6) is 0.296. The molecule has 68 valence electrons. The maximum absolute atomic E-state index is 8.88. The van der Waals surface area contributed by atoms with Crippen molar-refractivity contribution in [3.8, 4) is 0 Å². The number of aliphatic hydroxyl groups is 2. The molecule has 0 saturated carbocycles. The summed E-state index contributed by atoms with van der Waals surface area (Å²) in [6.45, 7) is 0.985. The number of aryl methyl sites for hydroxylation is 1. The molecule has 0 unspecified atom stereocenters. The van der Waals surface area contributed by atoms with Gasteiger partial charge < -0.3 is 20.5 Å². The van der Waals surface area contributed by atoms with Gasteiger partial charge in [0.2, 0.25) is 0 Å². The van der Waals surface area contributed by atoms with Crippen LogP contribution in [0.5, 0.6) is 0 Å². The van der Waals surface area contributed by atoms with Crippen molar-refractivity contribution in [2.45, 2.75) is 12.5 Å². The molecule has 1 heterocycles. The third kappa shape index (κ3) is 1.47. The lowest BCUT2D eigenvalue weighted by atomic mass is 10.0. The van der Waals surface area contributed by atoms with E-state index in [0.717, 1.165) is 0 Å². The van der Waals surface area contributed by atoms with Crippen molar-refractivity contribution in [3.05, 3.63) is 17.5 Å². The first-order valence-electron chi connectivity index (χ1n) is 3.57. The fourth-order valence-electron chi connectivity index (χ4n) is 0.804. The Kier molecular flexibility index (Phi) is 2.46. The van der Waals surface area contributed by atoms with Gasteiger partial charge in [0.05, 0.1) is 18.9 Å². The fraction of sp³-hybridized carbons (Fsp3) is 0.571. The monoisotopic (exact) mass is 172 g/mol. The molecular formula is C7H12N2O3. The number of hydrogen-bond acceptors (Lipinski definition) is 5. The normalized spacial score (nSPS) is 12.0. The zero-order valence-corrected chi connectivity index (χ0v) is 6.82. The second kappa shape index (κ2) is 3.22. The van der Waals surface area contributed by atoms with Crippen molar-refractivity contribution in [3.63, 3.8) is 0 Å². The van der Waals surface area contributed by atoms with Crippen LogP contribution in [-0.2, 0) is 5.54 Å². The fourth-order valence-corrected chi connectivity index (χ4v) is 0.804. The van der Waals surface area contributed by atoms with Gasteiger partial charge in [0, 0.05) is 6.07 Å². The molecule has 0 radical (unpaired) electrons. The predicted molar refractivity (Wildman–Crippen MR) is 41.3 cm³/mol. The van der Waals surface area contributed by atoms with Crippen LogP contribution in [0, 0.1) is 6.92 Å². The van der Waals surface area contributed by atoms with Gasteiger partial charge in [0.15, 0.2) is 5.76 Å². The molecule has 0 saturated heterocycles. The first-order chi connectivity index (χ1) is 5.62. The molecule has 1 aromatic rings. The first-order valence-corrected chi connectivity index (χ1v) is 3.57. The molecule has 0 atom stereocenters. The van der Waals surface area contributed by atoms with Crippen LogP contribution in [-0.4, -0.2) is 28.6 Å². The third-order valence-corrected chi connectivity index (χ3v) is 1.68. The summed E-state index contributed by atoms with van der Waals surface area (Å²) in [6, 6.07) is 1.59. The molecule has 4 N–H and O–H groups in total. The third-order valence-electron chi connectivity index (χ3n) is 1.68. The summed E-state index contributed by atoms with van der Waals surface area (Å²) in [5.41, 5.74) is 5.04. The van der Waals surface area contributed by atoms with E-state index in [9.17, 15) is 0 Å². The van der Waals surface area contributed by atoms with Crippen LogP contribution in [0.15, 0.2) is 10.6 Å². The topological polar surface area (TPSA) is 92.5 Å². The van der Waals surface area contributed by atoms with E-state index in [1.54, 1.807) is 13.0 Å². The second-order valence-electron chi connectivity index (χ2n) is 2.80. The van der Waals surface area contributed by atoms with E-state index < -0.39 is 5.54 Å². The number of nitrogens with zero attached hydrogens (tertiary/aromatic N) is 1. The van der Waals surface area contributed by atoms with Crippen molar-refractivity contribution in [2.24, 2.45) is 5.73 Å². The van der Waals surface area contributed by atoms with Crippen molar-refractivity contribution in [1.82, 2.24) is 5.16 Å². The van der Waals surface area contributed by atoms with Gasteiger partial charge in [-0.05, 0) is 6.92 Å². The van der Waals surface area contributed by atoms with E-state index in [2.05, 4.69) is 5.16 Å². The minimum atomic E-state index is -1.22. The van der Waals surface area contributed by atoms with E-state index in [4.69, 9.17) is 20.5 Å². The van der Waals surface area contributed by atoms with Crippen LogP contribution in [0.4, 0.5) is 0 Å². The highest BCUT2D eigenvalue weighted by molar-refractivity contribution is 5.13. The molecule has 0 bridgehead atoms. The predicted octanol–water partition coefficient (Wildman–Crippen LogP) is -0.878. The zero-order valence-electron chi connectivity index (χ0n) is 6.82.